The summed E-state index contributed by atoms with van der Waals surface area (Å²) in [7, 11) is -2.09. The summed E-state index contributed by atoms with van der Waals surface area (Å²) < 4.78 is 68.5. The fourth-order valence-corrected chi connectivity index (χ4v) is 3.58. The van der Waals surface area contributed by atoms with Gasteiger partial charge in [-0.15, -0.1) is 0 Å². The van der Waals surface area contributed by atoms with Gasteiger partial charge in [-0.3, -0.25) is 9.10 Å². The maximum Gasteiger partial charge on any atom is 0.416 e. The van der Waals surface area contributed by atoms with Crippen LogP contribution in [0.1, 0.15) is 18.4 Å². The summed E-state index contributed by atoms with van der Waals surface area (Å²) in [6, 6.07) is 10.7. The van der Waals surface area contributed by atoms with Gasteiger partial charge in [0.2, 0.25) is 15.9 Å². The van der Waals surface area contributed by atoms with E-state index >= 15 is 0 Å². The van der Waals surface area contributed by atoms with Crippen LogP contribution in [0.15, 0.2) is 48.5 Å². The van der Waals surface area contributed by atoms with Crippen LogP contribution in [-0.4, -0.2) is 34.2 Å². The molecule has 29 heavy (non-hydrogen) atoms. The molecule has 158 valence electrons. The molecule has 2 aromatic carbocycles. The second-order valence-electron chi connectivity index (χ2n) is 6.26. The molecule has 0 unspecified atom stereocenters. The number of ether oxygens (including phenoxy) is 1. The number of nitrogens with zero attached hydrogens (tertiary/aromatic N) is 1. The quantitative estimate of drug-likeness (QED) is 0.689. The molecular weight excluding hydrogens is 409 g/mol. The van der Waals surface area contributed by atoms with Gasteiger partial charge < -0.3 is 10.1 Å². The molecule has 0 aromatic heterocycles. The molecule has 0 bridgehead atoms. The van der Waals surface area contributed by atoms with Gasteiger partial charge >= 0.3 is 6.18 Å². The molecule has 1 amide bonds. The van der Waals surface area contributed by atoms with Crippen LogP contribution >= 0.6 is 0 Å². The van der Waals surface area contributed by atoms with Crippen molar-refractivity contribution in [2.75, 3.05) is 29.5 Å². The fourth-order valence-electron chi connectivity index (χ4n) is 2.61. The number of hydrogen-bond donors (Lipinski definition) is 1. The molecule has 6 nitrogen and oxygen atoms in total. The van der Waals surface area contributed by atoms with Crippen LogP contribution in [0.5, 0.6) is 5.75 Å². The highest BCUT2D eigenvalue weighted by Crippen LogP contribution is 2.30. The van der Waals surface area contributed by atoms with E-state index in [1.54, 1.807) is 24.3 Å². The lowest BCUT2D eigenvalue weighted by Gasteiger charge is -2.22. The first kappa shape index (κ1) is 22.5. The first-order chi connectivity index (χ1) is 13.5. The zero-order valence-electron chi connectivity index (χ0n) is 15.9. The third kappa shape index (κ3) is 6.67. The molecule has 0 saturated carbocycles. The Balaban J connectivity index is 1.98. The van der Waals surface area contributed by atoms with E-state index in [1.165, 1.54) is 19.2 Å². The average Bonchev–Trinajstić information content (AvgIpc) is 2.64. The van der Waals surface area contributed by atoms with Crippen molar-refractivity contribution in [1.82, 2.24) is 0 Å². The highest BCUT2D eigenvalue weighted by Gasteiger charge is 2.30. The Kier molecular flexibility index (Phi) is 7.12. The molecule has 0 atom stereocenters. The van der Waals surface area contributed by atoms with E-state index in [1.807, 2.05) is 0 Å². The summed E-state index contributed by atoms with van der Waals surface area (Å²) >= 11 is 0. The van der Waals surface area contributed by atoms with Gasteiger partial charge in [0.1, 0.15) is 5.75 Å². The molecule has 1 N–H and O–H groups in total. The minimum absolute atomic E-state index is 0.0277. The first-order valence-corrected chi connectivity index (χ1v) is 10.4. The monoisotopic (exact) mass is 430 g/mol. The molecule has 0 radical (unpaired) electrons. The van der Waals surface area contributed by atoms with Gasteiger partial charge in [-0.2, -0.15) is 13.2 Å². The van der Waals surface area contributed by atoms with Crippen molar-refractivity contribution in [2.45, 2.75) is 19.0 Å². The third-order valence-electron chi connectivity index (χ3n) is 4.00. The summed E-state index contributed by atoms with van der Waals surface area (Å²) in [5.41, 5.74) is -0.412. The van der Waals surface area contributed by atoms with Gasteiger partial charge in [-0.1, -0.05) is 6.07 Å². The van der Waals surface area contributed by atoms with E-state index in [9.17, 15) is 26.4 Å². The highest BCUT2D eigenvalue weighted by molar-refractivity contribution is 7.92. The molecule has 0 saturated heterocycles. The molecule has 0 aliphatic carbocycles. The summed E-state index contributed by atoms with van der Waals surface area (Å²) in [6.07, 6.45) is -3.32. The van der Waals surface area contributed by atoms with Crippen LogP contribution in [0, 0.1) is 0 Å². The van der Waals surface area contributed by atoms with Crippen molar-refractivity contribution < 1.29 is 31.1 Å². The molecule has 0 fully saturated rings. The number of alkyl halides is 3. The molecule has 0 spiro atoms. The van der Waals surface area contributed by atoms with E-state index < -0.39 is 27.7 Å². The van der Waals surface area contributed by atoms with Crippen LogP contribution in [-0.2, 0) is 21.0 Å². The van der Waals surface area contributed by atoms with Crippen LogP contribution in [0.2, 0.25) is 0 Å². The Morgan fingerprint density at radius 2 is 1.79 bits per heavy atom. The average molecular weight is 430 g/mol. The van der Waals surface area contributed by atoms with Gasteiger partial charge in [0.05, 0.1) is 24.6 Å². The number of halogens is 3. The standard InChI is InChI=1S/C19H21F3N2O4S/c1-28-17-10-8-16(9-11-17)24(29(2,26)27)12-4-7-18(25)23-15-6-3-5-14(13-15)19(20,21)22/h3,5-6,8-11,13H,4,7,12H2,1-2H3,(H,23,25). The predicted octanol–water partition coefficient (Wildman–Crippen LogP) is 3.90. The van der Waals surface area contributed by atoms with Crippen LogP contribution < -0.4 is 14.4 Å². The Hall–Kier alpha value is -2.75. The maximum atomic E-state index is 12.7. The third-order valence-corrected chi connectivity index (χ3v) is 5.19. The fraction of sp³-hybridized carbons (Fsp3) is 0.316. The summed E-state index contributed by atoms with van der Waals surface area (Å²) in [4.78, 5) is 12.0. The lowest BCUT2D eigenvalue weighted by atomic mass is 10.2. The van der Waals surface area contributed by atoms with Crippen LogP contribution in [0.25, 0.3) is 0 Å². The molecule has 2 aromatic rings. The van der Waals surface area contributed by atoms with E-state index in [4.69, 9.17) is 4.74 Å². The van der Waals surface area contributed by atoms with Crippen LogP contribution in [0.4, 0.5) is 24.5 Å². The number of rotatable bonds is 8. The first-order valence-electron chi connectivity index (χ1n) is 8.59. The maximum absolute atomic E-state index is 12.7. The summed E-state index contributed by atoms with van der Waals surface area (Å²) in [5, 5.41) is 2.40. The number of carbonyl (C=O) groups is 1. The Morgan fingerprint density at radius 3 is 2.34 bits per heavy atom. The minimum atomic E-state index is -4.50. The Morgan fingerprint density at radius 1 is 1.14 bits per heavy atom. The van der Waals surface area contributed by atoms with E-state index in [0.29, 0.717) is 11.4 Å². The number of hydrogen-bond acceptors (Lipinski definition) is 4. The number of amides is 1. The molecule has 10 heteroatoms. The van der Waals surface area contributed by atoms with Gasteiger partial charge in [0.15, 0.2) is 0 Å². The molecular formula is C19H21F3N2O4S. The minimum Gasteiger partial charge on any atom is -0.497 e. The number of nitrogens with one attached hydrogen (secondary N) is 1. The van der Waals surface area contributed by atoms with E-state index in [2.05, 4.69) is 5.32 Å². The summed E-state index contributed by atoms with van der Waals surface area (Å²) in [5.74, 6) is 0.0650. The van der Waals surface area contributed by atoms with Gasteiger partial charge in [-0.25, -0.2) is 8.42 Å². The molecule has 2 rings (SSSR count). The SMILES string of the molecule is COc1ccc(N(CCCC(=O)Nc2cccc(C(F)(F)F)c2)S(C)(=O)=O)cc1. The van der Waals surface area contributed by atoms with Crippen molar-refractivity contribution >= 4 is 27.3 Å². The molecule has 0 aliphatic heterocycles. The van der Waals surface area contributed by atoms with Crippen molar-refractivity contribution in [2.24, 2.45) is 0 Å². The Labute approximate surface area is 167 Å². The van der Waals surface area contributed by atoms with Crippen LogP contribution in [0.3, 0.4) is 0 Å². The zero-order chi connectivity index (χ0) is 21.7. The van der Waals surface area contributed by atoms with Gasteiger partial charge in [0.25, 0.3) is 0 Å². The summed E-state index contributed by atoms with van der Waals surface area (Å²) in [6.45, 7) is 0.0428. The topological polar surface area (TPSA) is 75.7 Å². The lowest BCUT2D eigenvalue weighted by Crippen LogP contribution is -2.31. The highest BCUT2D eigenvalue weighted by atomic mass is 32.2. The largest absolute Gasteiger partial charge is 0.497 e. The normalized spacial score (nSPS) is 11.8. The number of carbonyl (C=O) groups excluding carboxylic acids is 1. The smallest absolute Gasteiger partial charge is 0.416 e. The van der Waals surface area contributed by atoms with E-state index in [0.717, 1.165) is 22.7 Å². The van der Waals surface area contributed by atoms with Crippen molar-refractivity contribution in [3.63, 3.8) is 0 Å². The zero-order valence-corrected chi connectivity index (χ0v) is 16.7. The number of anilines is 2. The second-order valence-corrected chi connectivity index (χ2v) is 8.17. The van der Waals surface area contributed by atoms with Crippen molar-refractivity contribution in [3.8, 4) is 5.75 Å². The lowest BCUT2D eigenvalue weighted by molar-refractivity contribution is -0.137. The number of sulfonamides is 1. The predicted molar refractivity (Wildman–Crippen MR) is 104 cm³/mol. The number of benzene rings is 2. The van der Waals surface area contributed by atoms with E-state index in [-0.39, 0.29) is 25.1 Å². The number of methoxy groups -OCH3 is 1. The molecule has 0 aliphatic rings. The van der Waals surface area contributed by atoms with Crippen molar-refractivity contribution in [3.05, 3.63) is 54.1 Å². The van der Waals surface area contributed by atoms with Crippen molar-refractivity contribution in [1.29, 1.82) is 0 Å². The molecule has 0 heterocycles. The second kappa shape index (κ2) is 9.17. The van der Waals surface area contributed by atoms with Gasteiger partial charge in [0, 0.05) is 18.7 Å². The van der Waals surface area contributed by atoms with Gasteiger partial charge in [-0.05, 0) is 48.9 Å². The Bertz CT molecular complexity index is 945.